The van der Waals surface area contributed by atoms with Gasteiger partial charge < -0.3 is 4.42 Å². The number of nitro benzene ring substituents is 1. The molecule has 0 amide bonds. The second-order valence-corrected chi connectivity index (χ2v) is 8.64. The van der Waals surface area contributed by atoms with Gasteiger partial charge in [-0.05, 0) is 43.3 Å². The van der Waals surface area contributed by atoms with Crippen molar-refractivity contribution in [2.75, 3.05) is 0 Å². The molecular formula is C25H20N6O4S. The minimum absolute atomic E-state index is 0.00843. The van der Waals surface area contributed by atoms with Crippen LogP contribution < -0.4 is 10.4 Å². The molecule has 5 aromatic rings. The van der Waals surface area contributed by atoms with Crippen LogP contribution in [0, 0.1) is 17.0 Å². The predicted molar refractivity (Wildman–Crippen MR) is 137 cm³/mol. The molecule has 0 N–H and O–H groups in total. The fraction of sp³-hybridized carbons (Fsp3) is 0.0800. The van der Waals surface area contributed by atoms with Crippen molar-refractivity contribution in [2.45, 2.75) is 6.92 Å². The SMILES string of the molecule is Cc1c(N=c2scc(-c3ccc([N+](=O)[O-])cc3)n2N=Cc2ccco2)c(=O)n(-c2ccccc2)n1C. The maximum absolute atomic E-state index is 13.4. The molecule has 0 spiro atoms. The van der Waals surface area contributed by atoms with E-state index in [-0.39, 0.29) is 11.2 Å². The standard InChI is InChI=1S/C25H20N6O4S/c1-17-23(24(32)30(28(17)2)19-7-4-3-5-8-19)27-25-29(26-15-21-9-6-14-35-21)22(16-36-25)18-10-12-20(13-11-18)31(33)34/h3-16H,1-2H3. The molecule has 2 aromatic carbocycles. The van der Waals surface area contributed by atoms with E-state index in [2.05, 4.69) is 5.10 Å². The molecule has 0 fully saturated rings. The molecule has 0 aliphatic rings. The summed E-state index contributed by atoms with van der Waals surface area (Å²) in [4.78, 5) is 29.2. The average Bonchev–Trinajstić information content (AvgIpc) is 3.60. The van der Waals surface area contributed by atoms with E-state index in [1.807, 2.05) is 49.7 Å². The van der Waals surface area contributed by atoms with Crippen LogP contribution in [0.5, 0.6) is 0 Å². The summed E-state index contributed by atoms with van der Waals surface area (Å²) in [7, 11) is 1.81. The number of non-ortho nitro benzene ring substituents is 1. The monoisotopic (exact) mass is 500 g/mol. The van der Waals surface area contributed by atoms with Crippen LogP contribution in [0.2, 0.25) is 0 Å². The van der Waals surface area contributed by atoms with E-state index in [1.165, 1.54) is 23.5 Å². The van der Waals surface area contributed by atoms with Crippen LogP contribution in [-0.4, -0.2) is 25.2 Å². The Bertz CT molecular complexity index is 1690. The molecular weight excluding hydrogens is 480 g/mol. The summed E-state index contributed by atoms with van der Waals surface area (Å²) in [5.41, 5.74) is 2.82. The Labute approximate surface area is 208 Å². The zero-order valence-corrected chi connectivity index (χ0v) is 20.1. The van der Waals surface area contributed by atoms with Gasteiger partial charge in [0, 0.05) is 30.1 Å². The summed E-state index contributed by atoms with van der Waals surface area (Å²) < 4.78 is 10.3. The first-order valence-corrected chi connectivity index (χ1v) is 11.7. The van der Waals surface area contributed by atoms with E-state index in [4.69, 9.17) is 9.41 Å². The fourth-order valence-corrected chi connectivity index (χ4v) is 4.54. The van der Waals surface area contributed by atoms with Crippen LogP contribution in [0.1, 0.15) is 11.5 Å². The lowest BCUT2D eigenvalue weighted by atomic mass is 10.1. The fourth-order valence-electron chi connectivity index (χ4n) is 3.70. The normalized spacial score (nSPS) is 12.0. The number of para-hydroxylation sites is 1. The smallest absolute Gasteiger partial charge is 0.297 e. The van der Waals surface area contributed by atoms with Gasteiger partial charge in [-0.15, -0.1) is 11.3 Å². The molecule has 3 heterocycles. The van der Waals surface area contributed by atoms with Crippen molar-refractivity contribution in [3.63, 3.8) is 0 Å². The molecule has 0 saturated heterocycles. The number of furan rings is 1. The van der Waals surface area contributed by atoms with Crippen molar-refractivity contribution < 1.29 is 9.34 Å². The lowest BCUT2D eigenvalue weighted by Crippen LogP contribution is -2.19. The maximum atomic E-state index is 13.4. The number of nitro groups is 1. The number of aromatic nitrogens is 3. The molecule has 36 heavy (non-hydrogen) atoms. The zero-order chi connectivity index (χ0) is 25.2. The predicted octanol–water partition coefficient (Wildman–Crippen LogP) is 4.63. The molecule has 0 atom stereocenters. The Morgan fingerprint density at radius 1 is 1.06 bits per heavy atom. The summed E-state index contributed by atoms with van der Waals surface area (Å²) in [6.45, 7) is 1.83. The van der Waals surface area contributed by atoms with E-state index in [9.17, 15) is 14.9 Å². The maximum Gasteiger partial charge on any atom is 0.297 e. The average molecular weight is 501 g/mol. The number of benzene rings is 2. The van der Waals surface area contributed by atoms with Crippen molar-refractivity contribution in [3.05, 3.63) is 115 Å². The molecule has 0 bridgehead atoms. The molecule has 0 saturated carbocycles. The minimum Gasteiger partial charge on any atom is -0.463 e. The van der Waals surface area contributed by atoms with Gasteiger partial charge in [-0.3, -0.25) is 19.6 Å². The molecule has 3 aromatic heterocycles. The van der Waals surface area contributed by atoms with E-state index in [1.54, 1.807) is 50.8 Å². The molecule has 0 unspecified atom stereocenters. The van der Waals surface area contributed by atoms with Crippen molar-refractivity contribution in [1.82, 2.24) is 14.0 Å². The van der Waals surface area contributed by atoms with Crippen LogP contribution in [0.4, 0.5) is 11.4 Å². The van der Waals surface area contributed by atoms with Crippen LogP contribution in [0.15, 0.2) is 97.7 Å². The molecule has 180 valence electrons. The highest BCUT2D eigenvalue weighted by Crippen LogP contribution is 2.24. The number of rotatable bonds is 6. The molecule has 5 rings (SSSR count). The van der Waals surface area contributed by atoms with Gasteiger partial charge >= 0.3 is 0 Å². The van der Waals surface area contributed by atoms with E-state index in [0.717, 1.165) is 5.69 Å². The van der Waals surface area contributed by atoms with Gasteiger partial charge in [0.1, 0.15) is 5.76 Å². The van der Waals surface area contributed by atoms with Crippen molar-refractivity contribution in [2.24, 2.45) is 17.1 Å². The number of hydrogen-bond acceptors (Lipinski definition) is 7. The highest BCUT2D eigenvalue weighted by molar-refractivity contribution is 7.07. The minimum atomic E-state index is -0.447. The molecule has 11 heteroatoms. The summed E-state index contributed by atoms with van der Waals surface area (Å²) in [6, 6.07) is 19.0. The lowest BCUT2D eigenvalue weighted by Gasteiger charge is -2.07. The second-order valence-electron chi connectivity index (χ2n) is 7.80. The quantitative estimate of drug-likeness (QED) is 0.192. The first-order chi connectivity index (χ1) is 17.4. The van der Waals surface area contributed by atoms with Crippen LogP contribution >= 0.6 is 11.3 Å². The topological polar surface area (TPSA) is 113 Å². The third-order valence-electron chi connectivity index (χ3n) is 5.63. The van der Waals surface area contributed by atoms with Gasteiger partial charge in [0.25, 0.3) is 11.2 Å². The molecule has 0 aliphatic heterocycles. The molecule has 10 nitrogen and oxygen atoms in total. The van der Waals surface area contributed by atoms with Gasteiger partial charge in [-0.1, -0.05) is 18.2 Å². The highest BCUT2D eigenvalue weighted by Gasteiger charge is 2.17. The Morgan fingerprint density at radius 2 is 1.81 bits per heavy atom. The largest absolute Gasteiger partial charge is 0.463 e. The van der Waals surface area contributed by atoms with Gasteiger partial charge in [0.15, 0.2) is 5.69 Å². The van der Waals surface area contributed by atoms with Crippen molar-refractivity contribution in [3.8, 4) is 16.9 Å². The third-order valence-corrected chi connectivity index (χ3v) is 6.45. The molecule has 0 aliphatic carbocycles. The van der Waals surface area contributed by atoms with E-state index in [0.29, 0.717) is 33.2 Å². The summed E-state index contributed by atoms with van der Waals surface area (Å²) in [5, 5.41) is 17.5. The Kier molecular flexibility index (Phi) is 6.05. The van der Waals surface area contributed by atoms with Crippen molar-refractivity contribution in [1.29, 1.82) is 0 Å². The first kappa shape index (κ1) is 23.0. The van der Waals surface area contributed by atoms with Gasteiger partial charge in [-0.25, -0.2) is 14.4 Å². The van der Waals surface area contributed by atoms with Gasteiger partial charge in [0.05, 0.1) is 34.5 Å². The number of thiazole rings is 1. The number of hydrogen-bond donors (Lipinski definition) is 0. The van der Waals surface area contributed by atoms with Gasteiger partial charge in [0.2, 0.25) is 4.80 Å². The van der Waals surface area contributed by atoms with Crippen LogP contribution in [0.3, 0.4) is 0 Å². The first-order valence-electron chi connectivity index (χ1n) is 10.9. The van der Waals surface area contributed by atoms with Crippen molar-refractivity contribution >= 4 is 28.9 Å². The van der Waals surface area contributed by atoms with Gasteiger partial charge in [-0.2, -0.15) is 5.10 Å². The summed E-state index contributed by atoms with van der Waals surface area (Å²) >= 11 is 1.30. The second kappa shape index (κ2) is 9.47. The Balaban J connectivity index is 1.68. The molecule has 0 radical (unpaired) electrons. The van der Waals surface area contributed by atoms with E-state index < -0.39 is 4.92 Å². The highest BCUT2D eigenvalue weighted by atomic mass is 32.1. The van der Waals surface area contributed by atoms with Crippen LogP contribution in [0.25, 0.3) is 16.9 Å². The summed E-state index contributed by atoms with van der Waals surface area (Å²) in [5.74, 6) is 0.539. The third kappa shape index (κ3) is 4.23. The number of nitrogens with zero attached hydrogens (tertiary/aromatic N) is 6. The van der Waals surface area contributed by atoms with Crippen LogP contribution in [-0.2, 0) is 7.05 Å². The Morgan fingerprint density at radius 3 is 2.47 bits per heavy atom. The van der Waals surface area contributed by atoms with E-state index >= 15 is 0 Å². The lowest BCUT2D eigenvalue weighted by molar-refractivity contribution is -0.384. The summed E-state index contributed by atoms with van der Waals surface area (Å²) in [6.07, 6.45) is 3.09. The Hall–Kier alpha value is -4.77. The zero-order valence-electron chi connectivity index (χ0n) is 19.3.